The number of likely N-dealkylation sites (tertiary alicyclic amines) is 1. The fourth-order valence-electron chi connectivity index (χ4n) is 4.22. The third-order valence-electron chi connectivity index (χ3n) is 5.91. The van der Waals surface area contributed by atoms with Crippen LogP contribution in [0, 0.1) is 0 Å². The standard InChI is InChI=1S/C24H26N4O3/c1-3-5-6-17-14-28(18-8-10-27(15-18)23(29)4-2)22-12-21(26-13-19(17)22)20-11-16(24(30)31)7-9-25-20/h4,7,9,11-14,18H,2-3,5-6,8,10,15H2,1H3,(H,30,31). The minimum absolute atomic E-state index is 0.0396. The Balaban J connectivity index is 1.77. The van der Waals surface area contributed by atoms with Crippen molar-refractivity contribution in [2.24, 2.45) is 0 Å². The Kier molecular flexibility index (Phi) is 5.84. The van der Waals surface area contributed by atoms with Crippen molar-refractivity contribution < 1.29 is 14.7 Å². The van der Waals surface area contributed by atoms with Crippen LogP contribution in [0.2, 0.25) is 0 Å². The average molecular weight is 418 g/mol. The van der Waals surface area contributed by atoms with Crippen LogP contribution in [0.3, 0.4) is 0 Å². The van der Waals surface area contributed by atoms with Crippen LogP contribution < -0.4 is 0 Å². The second-order valence-corrected chi connectivity index (χ2v) is 7.92. The van der Waals surface area contributed by atoms with Gasteiger partial charge in [0.05, 0.1) is 28.5 Å². The van der Waals surface area contributed by atoms with Crippen LogP contribution in [0.4, 0.5) is 0 Å². The lowest BCUT2D eigenvalue weighted by atomic mass is 10.1. The first-order valence-electron chi connectivity index (χ1n) is 10.6. The number of fused-ring (bicyclic) bond motifs is 1. The molecule has 7 nitrogen and oxygen atoms in total. The Hall–Kier alpha value is -3.48. The van der Waals surface area contributed by atoms with Gasteiger partial charge in [0.15, 0.2) is 0 Å². The summed E-state index contributed by atoms with van der Waals surface area (Å²) in [5.41, 5.74) is 3.63. The van der Waals surface area contributed by atoms with Crippen molar-refractivity contribution in [2.45, 2.75) is 38.6 Å². The van der Waals surface area contributed by atoms with Crippen molar-refractivity contribution in [1.29, 1.82) is 0 Å². The van der Waals surface area contributed by atoms with Crippen LogP contribution in [0.15, 0.2) is 49.4 Å². The predicted octanol–water partition coefficient (Wildman–Crippen LogP) is 4.10. The van der Waals surface area contributed by atoms with E-state index >= 15 is 0 Å². The molecule has 160 valence electrons. The topological polar surface area (TPSA) is 88.3 Å². The molecule has 1 atom stereocenters. The second-order valence-electron chi connectivity index (χ2n) is 7.92. The Labute approximate surface area is 181 Å². The molecule has 1 N–H and O–H groups in total. The van der Waals surface area contributed by atoms with Crippen LogP contribution in [0.25, 0.3) is 22.3 Å². The first-order chi connectivity index (χ1) is 15.0. The van der Waals surface area contributed by atoms with Gasteiger partial charge in [-0.1, -0.05) is 19.9 Å². The van der Waals surface area contributed by atoms with E-state index in [0.29, 0.717) is 24.5 Å². The first kappa shape index (κ1) is 20.8. The maximum Gasteiger partial charge on any atom is 0.335 e. The van der Waals surface area contributed by atoms with E-state index in [1.807, 2.05) is 17.2 Å². The Morgan fingerprint density at radius 1 is 1.29 bits per heavy atom. The van der Waals surface area contributed by atoms with Gasteiger partial charge in [-0.15, -0.1) is 0 Å². The normalized spacial score (nSPS) is 16.0. The predicted molar refractivity (Wildman–Crippen MR) is 119 cm³/mol. The van der Waals surface area contributed by atoms with E-state index < -0.39 is 5.97 Å². The fraction of sp³-hybridized carbons (Fsp3) is 0.333. The van der Waals surface area contributed by atoms with E-state index in [4.69, 9.17) is 0 Å². The van der Waals surface area contributed by atoms with Gasteiger partial charge in [0.1, 0.15) is 0 Å². The SMILES string of the molecule is C=CC(=O)N1CCC(n2cc(CCCC)c3cnc(-c4cc(C(=O)O)ccn4)cc32)C1. The highest BCUT2D eigenvalue weighted by molar-refractivity contribution is 5.90. The smallest absolute Gasteiger partial charge is 0.335 e. The van der Waals surface area contributed by atoms with Crippen molar-refractivity contribution in [2.75, 3.05) is 13.1 Å². The van der Waals surface area contributed by atoms with Gasteiger partial charge in [-0.2, -0.15) is 0 Å². The van der Waals surface area contributed by atoms with Crippen LogP contribution >= 0.6 is 0 Å². The molecule has 1 amide bonds. The maximum atomic E-state index is 12.1. The third-order valence-corrected chi connectivity index (χ3v) is 5.91. The summed E-state index contributed by atoms with van der Waals surface area (Å²) in [5.74, 6) is -1.03. The molecule has 1 unspecified atom stereocenters. The lowest BCUT2D eigenvalue weighted by Crippen LogP contribution is -2.27. The molecule has 1 aliphatic heterocycles. The quantitative estimate of drug-likeness (QED) is 0.584. The van der Waals surface area contributed by atoms with E-state index in [-0.39, 0.29) is 17.5 Å². The number of hydrogen-bond donors (Lipinski definition) is 1. The highest BCUT2D eigenvalue weighted by Crippen LogP contribution is 2.32. The molecule has 0 radical (unpaired) electrons. The molecule has 4 heterocycles. The monoisotopic (exact) mass is 418 g/mol. The van der Waals surface area contributed by atoms with Crippen LogP contribution in [-0.4, -0.2) is 49.5 Å². The number of nitrogens with zero attached hydrogens (tertiary/aromatic N) is 4. The summed E-state index contributed by atoms with van der Waals surface area (Å²) < 4.78 is 2.25. The Morgan fingerprint density at radius 3 is 2.84 bits per heavy atom. The van der Waals surface area contributed by atoms with Crippen molar-refractivity contribution in [3.8, 4) is 11.4 Å². The lowest BCUT2D eigenvalue weighted by molar-refractivity contribution is -0.125. The van der Waals surface area contributed by atoms with Gasteiger partial charge < -0.3 is 14.6 Å². The summed E-state index contributed by atoms with van der Waals surface area (Å²) in [7, 11) is 0. The highest BCUT2D eigenvalue weighted by Gasteiger charge is 2.27. The van der Waals surface area contributed by atoms with Crippen molar-refractivity contribution in [3.05, 3.63) is 60.6 Å². The number of pyridine rings is 2. The molecule has 0 aromatic carbocycles. The first-order valence-corrected chi connectivity index (χ1v) is 10.6. The number of hydrogen-bond acceptors (Lipinski definition) is 4. The molecule has 4 rings (SSSR count). The zero-order valence-corrected chi connectivity index (χ0v) is 17.6. The largest absolute Gasteiger partial charge is 0.478 e. The molecule has 0 aliphatic carbocycles. The Morgan fingerprint density at radius 2 is 2.10 bits per heavy atom. The van der Waals surface area contributed by atoms with Crippen molar-refractivity contribution >= 4 is 22.8 Å². The van der Waals surface area contributed by atoms with Crippen LogP contribution in [0.1, 0.15) is 48.1 Å². The number of aryl methyl sites for hydroxylation is 1. The van der Waals surface area contributed by atoms with Crippen LogP contribution in [-0.2, 0) is 11.2 Å². The number of aromatic nitrogens is 3. The van der Waals surface area contributed by atoms with E-state index in [0.717, 1.165) is 36.6 Å². The highest BCUT2D eigenvalue weighted by atomic mass is 16.4. The number of carbonyl (C=O) groups is 2. The molecular weight excluding hydrogens is 392 g/mol. The minimum Gasteiger partial charge on any atom is -0.478 e. The van der Waals surface area contributed by atoms with Crippen LogP contribution in [0.5, 0.6) is 0 Å². The summed E-state index contributed by atoms with van der Waals surface area (Å²) in [4.78, 5) is 34.2. The molecule has 31 heavy (non-hydrogen) atoms. The van der Waals surface area contributed by atoms with Gasteiger partial charge in [0.25, 0.3) is 0 Å². The van der Waals surface area contributed by atoms with E-state index in [1.165, 1.54) is 23.9 Å². The molecule has 7 heteroatoms. The van der Waals surface area contributed by atoms with Gasteiger partial charge in [-0.3, -0.25) is 14.8 Å². The molecule has 0 bridgehead atoms. The number of carboxylic acids is 1. The number of carboxylic acid groups (broad SMARTS) is 1. The van der Waals surface area contributed by atoms with Gasteiger partial charge in [-0.25, -0.2) is 4.79 Å². The number of rotatable bonds is 7. The zero-order valence-electron chi connectivity index (χ0n) is 17.6. The Bertz CT molecular complexity index is 1150. The molecule has 1 saturated heterocycles. The molecular formula is C24H26N4O3. The van der Waals surface area contributed by atoms with Crippen molar-refractivity contribution in [1.82, 2.24) is 19.4 Å². The number of aromatic carboxylic acids is 1. The summed E-state index contributed by atoms with van der Waals surface area (Å²) in [6.07, 6.45) is 11.0. The van der Waals surface area contributed by atoms with E-state index in [9.17, 15) is 14.7 Å². The van der Waals surface area contributed by atoms with E-state index in [1.54, 1.807) is 6.07 Å². The molecule has 3 aromatic heterocycles. The summed E-state index contributed by atoms with van der Waals surface area (Å²) in [5, 5.41) is 10.4. The number of unbranched alkanes of at least 4 members (excludes halogenated alkanes) is 1. The zero-order chi connectivity index (χ0) is 22.0. The van der Waals surface area contributed by atoms with Gasteiger partial charge in [0, 0.05) is 37.1 Å². The van der Waals surface area contributed by atoms with E-state index in [2.05, 4.69) is 34.2 Å². The van der Waals surface area contributed by atoms with Gasteiger partial charge in [0.2, 0.25) is 5.91 Å². The second kappa shape index (κ2) is 8.71. The summed E-state index contributed by atoms with van der Waals surface area (Å²) >= 11 is 0. The molecule has 0 spiro atoms. The fourth-order valence-corrected chi connectivity index (χ4v) is 4.22. The third kappa shape index (κ3) is 4.08. The molecule has 0 saturated carbocycles. The summed E-state index contributed by atoms with van der Waals surface area (Å²) in [6.45, 7) is 7.13. The number of amides is 1. The van der Waals surface area contributed by atoms with Crippen molar-refractivity contribution in [3.63, 3.8) is 0 Å². The lowest BCUT2D eigenvalue weighted by Gasteiger charge is -2.16. The maximum absolute atomic E-state index is 12.1. The minimum atomic E-state index is -0.993. The number of carbonyl (C=O) groups excluding carboxylic acids is 1. The van der Waals surface area contributed by atoms with Gasteiger partial charge >= 0.3 is 5.97 Å². The average Bonchev–Trinajstić information content (AvgIpc) is 3.42. The van der Waals surface area contributed by atoms with Gasteiger partial charge in [-0.05, 0) is 49.1 Å². The molecule has 1 fully saturated rings. The molecule has 1 aliphatic rings. The molecule has 3 aromatic rings. The summed E-state index contributed by atoms with van der Waals surface area (Å²) in [6, 6.07) is 5.17.